The summed E-state index contributed by atoms with van der Waals surface area (Å²) in [7, 11) is 3.55. The van der Waals surface area contributed by atoms with Crippen LogP contribution in [0.15, 0.2) is 6.07 Å². The average molecular weight is 320 g/mol. The third kappa shape index (κ3) is 3.32. The Morgan fingerprint density at radius 3 is 2.70 bits per heavy atom. The maximum atomic E-state index is 5.84. The maximum Gasteiger partial charge on any atom is 0.127 e. The Morgan fingerprint density at radius 1 is 1.26 bits per heavy atom. The van der Waals surface area contributed by atoms with Gasteiger partial charge >= 0.3 is 0 Å². The van der Waals surface area contributed by atoms with Crippen LogP contribution in [0.25, 0.3) is 0 Å². The molecule has 0 spiro atoms. The van der Waals surface area contributed by atoms with Crippen molar-refractivity contribution in [1.82, 2.24) is 10.2 Å². The first-order chi connectivity index (χ1) is 11.3. The van der Waals surface area contributed by atoms with Gasteiger partial charge in [0.15, 0.2) is 0 Å². The fourth-order valence-electron chi connectivity index (χ4n) is 3.76. The van der Waals surface area contributed by atoms with Gasteiger partial charge in [0.1, 0.15) is 11.5 Å². The lowest BCUT2D eigenvalue weighted by molar-refractivity contribution is 0.0338. The minimum absolute atomic E-state index is 0.347. The molecule has 1 saturated heterocycles. The number of morpholine rings is 1. The summed E-state index contributed by atoms with van der Waals surface area (Å²) in [6, 6.07) is 2.52. The second-order valence-corrected chi connectivity index (χ2v) is 6.22. The van der Waals surface area contributed by atoms with Crippen LogP contribution in [-0.2, 0) is 17.7 Å². The van der Waals surface area contributed by atoms with Crippen LogP contribution in [-0.4, -0.2) is 52.0 Å². The van der Waals surface area contributed by atoms with Gasteiger partial charge in [0.05, 0.1) is 27.4 Å². The van der Waals surface area contributed by atoms with Crippen LogP contribution in [0.2, 0.25) is 0 Å². The van der Waals surface area contributed by atoms with E-state index in [9.17, 15) is 0 Å². The highest BCUT2D eigenvalue weighted by Crippen LogP contribution is 2.41. The standard InChI is InChI=1S/C18H28N2O3/c1-4-15-17-14(5-6-19-15)18(22-3)13(11-16(17)21-2)12-20-7-9-23-10-8-20/h11,15,19H,4-10,12H2,1-3H3. The first-order valence-corrected chi connectivity index (χ1v) is 8.58. The van der Waals surface area contributed by atoms with Crippen LogP contribution in [0.5, 0.6) is 11.5 Å². The van der Waals surface area contributed by atoms with Crippen molar-refractivity contribution in [2.24, 2.45) is 0 Å². The Labute approximate surface area is 138 Å². The van der Waals surface area contributed by atoms with Crippen LogP contribution in [0, 0.1) is 0 Å². The van der Waals surface area contributed by atoms with Crippen molar-refractivity contribution in [3.63, 3.8) is 0 Å². The van der Waals surface area contributed by atoms with E-state index in [0.717, 1.165) is 63.7 Å². The first-order valence-electron chi connectivity index (χ1n) is 8.58. The van der Waals surface area contributed by atoms with E-state index in [0.29, 0.717) is 6.04 Å². The van der Waals surface area contributed by atoms with Gasteiger partial charge in [0, 0.05) is 42.4 Å². The van der Waals surface area contributed by atoms with E-state index >= 15 is 0 Å². The zero-order chi connectivity index (χ0) is 16.2. The predicted octanol–water partition coefficient (Wildman–Crippen LogP) is 2.13. The number of rotatable bonds is 5. The van der Waals surface area contributed by atoms with Crippen LogP contribution < -0.4 is 14.8 Å². The average Bonchev–Trinajstić information content (AvgIpc) is 2.61. The molecular weight excluding hydrogens is 292 g/mol. The third-order valence-electron chi connectivity index (χ3n) is 4.91. The summed E-state index contributed by atoms with van der Waals surface area (Å²) in [4.78, 5) is 2.42. The predicted molar refractivity (Wildman–Crippen MR) is 90.4 cm³/mol. The molecule has 1 unspecified atom stereocenters. The molecule has 0 saturated carbocycles. The van der Waals surface area contributed by atoms with Gasteiger partial charge in [0.25, 0.3) is 0 Å². The summed E-state index contributed by atoms with van der Waals surface area (Å²) in [5.74, 6) is 2.04. The minimum Gasteiger partial charge on any atom is -0.496 e. The molecule has 2 aliphatic rings. The summed E-state index contributed by atoms with van der Waals surface area (Å²) in [6.07, 6.45) is 2.04. The molecule has 0 radical (unpaired) electrons. The molecule has 5 heteroatoms. The molecule has 0 aliphatic carbocycles. The van der Waals surface area contributed by atoms with Gasteiger partial charge in [-0.15, -0.1) is 0 Å². The van der Waals surface area contributed by atoms with Gasteiger partial charge in [-0.1, -0.05) is 6.92 Å². The second kappa shape index (κ2) is 7.51. The van der Waals surface area contributed by atoms with E-state index in [1.165, 1.54) is 16.7 Å². The normalized spacial score (nSPS) is 21.8. The molecule has 3 rings (SSSR count). The van der Waals surface area contributed by atoms with Crippen LogP contribution in [0.4, 0.5) is 0 Å². The lowest BCUT2D eigenvalue weighted by Gasteiger charge is -2.32. The molecule has 1 aromatic rings. The molecule has 1 atom stereocenters. The zero-order valence-electron chi connectivity index (χ0n) is 14.5. The smallest absolute Gasteiger partial charge is 0.127 e. The molecule has 2 aliphatic heterocycles. The number of nitrogens with zero attached hydrogens (tertiary/aromatic N) is 1. The van der Waals surface area contributed by atoms with Crippen molar-refractivity contribution in [1.29, 1.82) is 0 Å². The number of fused-ring (bicyclic) bond motifs is 1. The van der Waals surface area contributed by atoms with Crippen molar-refractivity contribution >= 4 is 0 Å². The highest BCUT2D eigenvalue weighted by Gasteiger charge is 2.28. The molecule has 1 fully saturated rings. The van der Waals surface area contributed by atoms with Crippen molar-refractivity contribution in [3.8, 4) is 11.5 Å². The van der Waals surface area contributed by atoms with Crippen LogP contribution in [0.3, 0.4) is 0 Å². The van der Waals surface area contributed by atoms with Crippen molar-refractivity contribution in [2.75, 3.05) is 47.1 Å². The van der Waals surface area contributed by atoms with Gasteiger partial charge in [-0.25, -0.2) is 0 Å². The topological polar surface area (TPSA) is 43.0 Å². The lowest BCUT2D eigenvalue weighted by atomic mass is 9.89. The Balaban J connectivity index is 1.99. The molecule has 2 heterocycles. The number of ether oxygens (including phenoxy) is 3. The van der Waals surface area contributed by atoms with Gasteiger partial charge in [-0.3, -0.25) is 4.90 Å². The van der Waals surface area contributed by atoms with Gasteiger partial charge < -0.3 is 19.5 Å². The third-order valence-corrected chi connectivity index (χ3v) is 4.91. The Morgan fingerprint density at radius 2 is 2.04 bits per heavy atom. The van der Waals surface area contributed by atoms with E-state index < -0.39 is 0 Å². The summed E-state index contributed by atoms with van der Waals surface area (Å²) in [6.45, 7) is 7.66. The van der Waals surface area contributed by atoms with E-state index in [1.807, 2.05) is 0 Å². The van der Waals surface area contributed by atoms with Gasteiger partial charge in [-0.05, 0) is 25.5 Å². The number of methoxy groups -OCH3 is 2. The molecule has 0 aromatic heterocycles. The largest absolute Gasteiger partial charge is 0.496 e. The van der Waals surface area contributed by atoms with Gasteiger partial charge in [-0.2, -0.15) is 0 Å². The van der Waals surface area contributed by atoms with Crippen LogP contribution in [0.1, 0.15) is 36.1 Å². The quantitative estimate of drug-likeness (QED) is 0.900. The molecule has 0 bridgehead atoms. The Kier molecular flexibility index (Phi) is 5.41. The molecule has 23 heavy (non-hydrogen) atoms. The van der Waals surface area contributed by atoms with Crippen LogP contribution >= 0.6 is 0 Å². The number of nitrogens with one attached hydrogen (secondary N) is 1. The monoisotopic (exact) mass is 320 g/mol. The molecule has 128 valence electrons. The lowest BCUT2D eigenvalue weighted by Crippen LogP contribution is -2.36. The summed E-state index contributed by atoms with van der Waals surface area (Å²) >= 11 is 0. The summed E-state index contributed by atoms with van der Waals surface area (Å²) < 4.78 is 17.0. The maximum absolute atomic E-state index is 5.84. The van der Waals surface area contributed by atoms with Crippen molar-refractivity contribution in [2.45, 2.75) is 32.4 Å². The highest BCUT2D eigenvalue weighted by atomic mass is 16.5. The summed E-state index contributed by atoms with van der Waals surface area (Å²) in [5.41, 5.74) is 3.83. The molecular formula is C18H28N2O3. The van der Waals surface area contributed by atoms with Crippen molar-refractivity contribution in [3.05, 3.63) is 22.8 Å². The first kappa shape index (κ1) is 16.6. The molecule has 5 nitrogen and oxygen atoms in total. The van der Waals surface area contributed by atoms with E-state index in [-0.39, 0.29) is 0 Å². The van der Waals surface area contributed by atoms with E-state index in [2.05, 4.69) is 23.2 Å². The Hall–Kier alpha value is -1.30. The fraction of sp³-hybridized carbons (Fsp3) is 0.667. The number of benzene rings is 1. The molecule has 1 aromatic carbocycles. The molecule has 0 amide bonds. The zero-order valence-corrected chi connectivity index (χ0v) is 14.5. The Bertz CT molecular complexity index is 542. The number of hydrogen-bond donors (Lipinski definition) is 1. The van der Waals surface area contributed by atoms with Gasteiger partial charge in [0.2, 0.25) is 0 Å². The minimum atomic E-state index is 0.347. The highest BCUT2D eigenvalue weighted by molar-refractivity contribution is 5.56. The second-order valence-electron chi connectivity index (χ2n) is 6.22. The summed E-state index contributed by atoms with van der Waals surface area (Å²) in [5, 5.41) is 3.59. The molecule has 1 N–H and O–H groups in total. The fourth-order valence-corrected chi connectivity index (χ4v) is 3.76. The number of hydrogen-bond acceptors (Lipinski definition) is 5. The SMILES string of the molecule is CCC1NCCc2c(OC)c(CN3CCOCC3)cc(OC)c21. The van der Waals surface area contributed by atoms with E-state index in [4.69, 9.17) is 14.2 Å². The van der Waals surface area contributed by atoms with E-state index in [1.54, 1.807) is 14.2 Å². The van der Waals surface area contributed by atoms with Crippen molar-refractivity contribution < 1.29 is 14.2 Å².